The van der Waals surface area contributed by atoms with Gasteiger partial charge in [0.05, 0.1) is 12.3 Å². The number of carbonyl (C=O) groups excluding carboxylic acids is 1. The van der Waals surface area contributed by atoms with Gasteiger partial charge in [-0.2, -0.15) is 5.10 Å². The molecule has 0 bridgehead atoms. The Morgan fingerprint density at radius 1 is 1.38 bits per heavy atom. The zero-order chi connectivity index (χ0) is 18.6. The van der Waals surface area contributed by atoms with E-state index in [0.29, 0.717) is 18.2 Å². The predicted molar refractivity (Wildman–Crippen MR) is 101 cm³/mol. The van der Waals surface area contributed by atoms with Gasteiger partial charge in [0.15, 0.2) is 5.69 Å². The van der Waals surface area contributed by atoms with E-state index >= 15 is 0 Å². The second-order valence-corrected chi connectivity index (χ2v) is 7.63. The Morgan fingerprint density at radius 3 is 2.77 bits per heavy atom. The first-order valence-electron chi connectivity index (χ1n) is 9.27. The Hall–Kier alpha value is -2.18. The number of benzene rings is 1. The van der Waals surface area contributed by atoms with Gasteiger partial charge in [-0.25, -0.2) is 4.68 Å². The van der Waals surface area contributed by atoms with Crippen molar-refractivity contribution in [2.75, 3.05) is 26.2 Å². The number of hydrogen-bond acceptors (Lipinski definition) is 4. The minimum Gasteiger partial charge on any atom is -0.396 e. The monoisotopic (exact) mass is 356 g/mol. The lowest BCUT2D eigenvalue weighted by Gasteiger charge is -2.25. The van der Waals surface area contributed by atoms with Gasteiger partial charge >= 0.3 is 0 Å². The summed E-state index contributed by atoms with van der Waals surface area (Å²) in [5.41, 5.74) is 2.13. The molecular weight excluding hydrogens is 328 g/mol. The second-order valence-electron chi connectivity index (χ2n) is 7.63. The quantitative estimate of drug-likeness (QED) is 0.706. The molecule has 2 heterocycles. The van der Waals surface area contributed by atoms with Crippen molar-refractivity contribution < 1.29 is 9.90 Å². The molecule has 1 aliphatic rings. The van der Waals surface area contributed by atoms with Gasteiger partial charge in [0, 0.05) is 24.2 Å². The van der Waals surface area contributed by atoms with E-state index in [0.717, 1.165) is 37.3 Å². The highest BCUT2D eigenvalue weighted by atomic mass is 16.3. The van der Waals surface area contributed by atoms with Gasteiger partial charge in [-0.05, 0) is 43.5 Å². The van der Waals surface area contributed by atoms with Crippen LogP contribution in [0, 0.1) is 11.3 Å². The van der Waals surface area contributed by atoms with E-state index in [2.05, 4.69) is 29.6 Å². The second kappa shape index (κ2) is 8.01. The van der Waals surface area contributed by atoms with Crippen molar-refractivity contribution in [3.8, 4) is 5.69 Å². The minimum atomic E-state index is -0.265. The average molecular weight is 356 g/mol. The lowest BCUT2D eigenvalue weighted by Crippen LogP contribution is -2.41. The number of nitrogens with zero attached hydrogens (tertiary/aromatic N) is 2. The summed E-state index contributed by atoms with van der Waals surface area (Å²) >= 11 is 0. The van der Waals surface area contributed by atoms with Crippen LogP contribution in [0.1, 0.15) is 36.5 Å². The topological polar surface area (TPSA) is 79.2 Å². The summed E-state index contributed by atoms with van der Waals surface area (Å²) in [5, 5.41) is 20.5. The first kappa shape index (κ1) is 18.6. The lowest BCUT2D eigenvalue weighted by molar-refractivity contribution is 0.0891. The molecule has 0 aliphatic carbocycles. The molecule has 1 saturated heterocycles. The first-order valence-corrected chi connectivity index (χ1v) is 9.27. The smallest absolute Gasteiger partial charge is 0.271 e. The normalized spacial score (nSPS) is 19.8. The Labute approximate surface area is 154 Å². The molecule has 3 N–H and O–H groups in total. The van der Waals surface area contributed by atoms with E-state index in [1.54, 1.807) is 0 Å². The fourth-order valence-corrected chi connectivity index (χ4v) is 3.38. The summed E-state index contributed by atoms with van der Waals surface area (Å²) < 4.78 is 1.86. The summed E-state index contributed by atoms with van der Waals surface area (Å²) in [6.45, 7) is 6.42. The van der Waals surface area contributed by atoms with Crippen molar-refractivity contribution >= 4 is 5.91 Å². The number of aromatic nitrogens is 2. The van der Waals surface area contributed by atoms with Crippen molar-refractivity contribution in [2.24, 2.45) is 11.3 Å². The number of aliphatic hydroxyl groups is 1. The van der Waals surface area contributed by atoms with Crippen LogP contribution in [0.2, 0.25) is 0 Å². The predicted octanol–water partition coefficient (Wildman–Crippen LogP) is 1.77. The summed E-state index contributed by atoms with van der Waals surface area (Å²) in [6.07, 6.45) is 1.71. The molecule has 6 nitrogen and oxygen atoms in total. The van der Waals surface area contributed by atoms with Crippen LogP contribution in [-0.2, 0) is 6.42 Å². The molecule has 26 heavy (non-hydrogen) atoms. The maximum atomic E-state index is 12.7. The molecule has 1 aromatic carbocycles. The third-order valence-corrected chi connectivity index (χ3v) is 4.93. The van der Waals surface area contributed by atoms with Gasteiger partial charge in [-0.3, -0.25) is 4.79 Å². The van der Waals surface area contributed by atoms with Gasteiger partial charge < -0.3 is 15.7 Å². The number of hydrogen-bond donors (Lipinski definition) is 3. The molecule has 1 unspecified atom stereocenters. The van der Waals surface area contributed by atoms with Gasteiger partial charge in [0.1, 0.15) is 0 Å². The van der Waals surface area contributed by atoms with Crippen LogP contribution in [-0.4, -0.2) is 47.0 Å². The largest absolute Gasteiger partial charge is 0.396 e. The number of para-hydroxylation sites is 1. The third-order valence-electron chi connectivity index (χ3n) is 4.93. The SMILES string of the molecule is CC(C)Cc1cc(C(=O)NCC2(CO)CCNC2)nn1-c1ccccc1. The van der Waals surface area contributed by atoms with Crippen molar-refractivity contribution in [2.45, 2.75) is 26.7 Å². The number of amides is 1. The molecule has 3 rings (SSSR count). The Morgan fingerprint density at radius 2 is 2.15 bits per heavy atom. The van der Waals surface area contributed by atoms with E-state index < -0.39 is 0 Å². The average Bonchev–Trinajstić information content (AvgIpc) is 3.28. The molecule has 6 heteroatoms. The first-order chi connectivity index (χ1) is 12.5. The molecule has 1 aliphatic heterocycles. The molecule has 2 aromatic rings. The summed E-state index contributed by atoms with van der Waals surface area (Å²) in [5.74, 6) is 0.275. The van der Waals surface area contributed by atoms with Crippen LogP contribution in [0.15, 0.2) is 36.4 Å². The van der Waals surface area contributed by atoms with Crippen LogP contribution >= 0.6 is 0 Å². The molecule has 1 atom stereocenters. The highest BCUT2D eigenvalue weighted by Crippen LogP contribution is 2.24. The number of nitrogens with one attached hydrogen (secondary N) is 2. The standard InChI is InChI=1S/C20H28N4O2/c1-15(2)10-17-11-18(23-24(17)16-6-4-3-5-7-16)19(26)22-13-20(14-25)8-9-21-12-20/h3-7,11,15,21,25H,8-10,12-14H2,1-2H3,(H,22,26). The van der Waals surface area contributed by atoms with Crippen molar-refractivity contribution in [1.29, 1.82) is 0 Å². The van der Waals surface area contributed by atoms with E-state index in [1.165, 1.54) is 0 Å². The van der Waals surface area contributed by atoms with Crippen LogP contribution in [0.3, 0.4) is 0 Å². The number of aliphatic hydroxyl groups excluding tert-OH is 1. The number of rotatable bonds is 7. The molecule has 0 spiro atoms. The molecule has 1 aromatic heterocycles. The van der Waals surface area contributed by atoms with Crippen LogP contribution in [0.5, 0.6) is 0 Å². The summed E-state index contributed by atoms with van der Waals surface area (Å²) in [4.78, 5) is 12.7. The van der Waals surface area contributed by atoms with Crippen LogP contribution < -0.4 is 10.6 Å². The van der Waals surface area contributed by atoms with Gasteiger partial charge in [0.25, 0.3) is 5.91 Å². The molecule has 0 radical (unpaired) electrons. The Kier molecular flexibility index (Phi) is 5.74. The third kappa shape index (κ3) is 4.14. The zero-order valence-electron chi connectivity index (χ0n) is 15.5. The van der Waals surface area contributed by atoms with Gasteiger partial charge in [0.2, 0.25) is 0 Å². The molecule has 140 valence electrons. The van der Waals surface area contributed by atoms with Gasteiger partial charge in [-0.1, -0.05) is 32.0 Å². The fourth-order valence-electron chi connectivity index (χ4n) is 3.38. The minimum absolute atomic E-state index is 0.0668. The van der Waals surface area contributed by atoms with E-state index in [1.807, 2.05) is 41.1 Å². The lowest BCUT2D eigenvalue weighted by atomic mass is 9.88. The number of carbonyl (C=O) groups is 1. The van der Waals surface area contributed by atoms with E-state index in [-0.39, 0.29) is 17.9 Å². The Bertz CT molecular complexity index is 734. The molecule has 1 fully saturated rings. The van der Waals surface area contributed by atoms with E-state index in [4.69, 9.17) is 0 Å². The van der Waals surface area contributed by atoms with Crippen molar-refractivity contribution in [1.82, 2.24) is 20.4 Å². The maximum absolute atomic E-state index is 12.7. The van der Waals surface area contributed by atoms with Crippen LogP contribution in [0.4, 0.5) is 0 Å². The highest BCUT2D eigenvalue weighted by molar-refractivity contribution is 5.92. The van der Waals surface area contributed by atoms with Gasteiger partial charge in [-0.15, -0.1) is 0 Å². The van der Waals surface area contributed by atoms with Crippen LogP contribution in [0.25, 0.3) is 5.69 Å². The Balaban J connectivity index is 1.79. The zero-order valence-corrected chi connectivity index (χ0v) is 15.5. The maximum Gasteiger partial charge on any atom is 0.271 e. The molecule has 0 saturated carbocycles. The van der Waals surface area contributed by atoms with E-state index in [9.17, 15) is 9.90 Å². The summed E-state index contributed by atoms with van der Waals surface area (Å²) in [7, 11) is 0. The summed E-state index contributed by atoms with van der Waals surface area (Å²) in [6, 6.07) is 11.8. The fraction of sp³-hybridized carbons (Fsp3) is 0.500. The van der Waals surface area contributed by atoms with Crippen molar-refractivity contribution in [3.63, 3.8) is 0 Å². The highest BCUT2D eigenvalue weighted by Gasteiger charge is 2.33. The molecule has 1 amide bonds. The molecular formula is C20H28N4O2. The van der Waals surface area contributed by atoms with Crippen molar-refractivity contribution in [3.05, 3.63) is 47.8 Å².